The second-order valence-corrected chi connectivity index (χ2v) is 28.2. The maximum absolute atomic E-state index is 2.99. The van der Waals surface area contributed by atoms with Crippen LogP contribution in [0.5, 0.6) is 0 Å². The van der Waals surface area contributed by atoms with Crippen LogP contribution in [-0.4, -0.2) is 11.1 Å². The van der Waals surface area contributed by atoms with Crippen LogP contribution in [0.25, 0.3) is 21.9 Å². The molecule has 0 amide bonds. The van der Waals surface area contributed by atoms with Crippen LogP contribution in [-0.2, 0) is 27.1 Å². The Morgan fingerprint density at radius 3 is 1.70 bits per heavy atom. The Bertz CT molecular complexity index is 3530. The predicted octanol–water partition coefficient (Wildman–Crippen LogP) is 19.8. The van der Waals surface area contributed by atoms with Crippen LogP contribution in [0.4, 0.5) is 39.8 Å². The Kier molecular flexibility index (Phi) is 9.98. The molecule has 0 saturated heterocycles. The molecule has 0 bridgehead atoms. The van der Waals surface area contributed by atoms with Gasteiger partial charge >= 0.3 is 0 Å². The highest BCUT2D eigenvalue weighted by Gasteiger charge is 2.63. The lowest BCUT2D eigenvalue weighted by Crippen LogP contribution is -2.56. The first kappa shape index (κ1) is 47.9. The number of fused-ring (bicyclic) bond motifs is 11. The maximum Gasteiger partial charge on any atom is 0.0545 e. The monoisotopic (exact) mass is 976 g/mol. The summed E-state index contributed by atoms with van der Waals surface area (Å²) in [6.07, 6.45) is 9.77. The van der Waals surface area contributed by atoms with Crippen LogP contribution >= 0.6 is 0 Å². The Balaban J connectivity index is 1.18. The van der Waals surface area contributed by atoms with E-state index in [0.29, 0.717) is 0 Å². The number of aryl methyl sites for hydroxylation is 2. The largest absolute Gasteiger partial charge is 0.334 e. The van der Waals surface area contributed by atoms with Crippen molar-refractivity contribution in [2.24, 2.45) is 0 Å². The molecule has 4 aliphatic heterocycles. The first-order valence-electron chi connectivity index (χ1n) is 28.6. The van der Waals surface area contributed by atoms with Gasteiger partial charge in [-0.2, -0.15) is 0 Å². The molecule has 0 aromatic heterocycles. The summed E-state index contributed by atoms with van der Waals surface area (Å²) < 4.78 is 0. The van der Waals surface area contributed by atoms with Crippen molar-refractivity contribution in [1.29, 1.82) is 0 Å². The third-order valence-corrected chi connectivity index (χ3v) is 20.8. The van der Waals surface area contributed by atoms with E-state index >= 15 is 0 Å². The van der Waals surface area contributed by atoms with Crippen molar-refractivity contribution in [2.45, 2.75) is 199 Å². The minimum Gasteiger partial charge on any atom is -0.334 e. The van der Waals surface area contributed by atoms with E-state index in [9.17, 15) is 0 Å². The van der Waals surface area contributed by atoms with Gasteiger partial charge in [0.2, 0.25) is 0 Å². The van der Waals surface area contributed by atoms with E-state index in [4.69, 9.17) is 0 Å². The summed E-state index contributed by atoms with van der Waals surface area (Å²) in [5, 5.41) is 2.54. The van der Waals surface area contributed by atoms with E-state index in [2.05, 4.69) is 234 Å². The molecule has 4 heterocycles. The highest BCUT2D eigenvalue weighted by Crippen LogP contribution is 2.71. The summed E-state index contributed by atoms with van der Waals surface area (Å²) in [4.78, 5) is 8.63. The number of rotatable bonds is 3. The lowest BCUT2D eigenvalue weighted by Gasteiger charge is -2.54. The van der Waals surface area contributed by atoms with Gasteiger partial charge < -0.3 is 14.7 Å². The third-order valence-electron chi connectivity index (χ3n) is 20.8. The van der Waals surface area contributed by atoms with Crippen molar-refractivity contribution < 1.29 is 0 Å². The Morgan fingerprint density at radius 2 is 1.03 bits per heavy atom. The smallest absolute Gasteiger partial charge is 0.0545 e. The van der Waals surface area contributed by atoms with Gasteiger partial charge in [0.05, 0.1) is 39.5 Å². The second-order valence-electron chi connectivity index (χ2n) is 28.2. The van der Waals surface area contributed by atoms with Crippen LogP contribution in [0.3, 0.4) is 0 Å². The van der Waals surface area contributed by atoms with Crippen LogP contribution in [0.15, 0.2) is 115 Å². The molecule has 3 nitrogen and oxygen atoms in total. The first-order chi connectivity index (χ1) is 34.9. The molecule has 5 atom stereocenters. The van der Waals surface area contributed by atoms with Gasteiger partial charge in [-0.15, -0.1) is 0 Å². The molecule has 0 radical (unpaired) electrons. The fraction of sp³-hybridized carbons (Fsp3) is 0.437. The van der Waals surface area contributed by atoms with E-state index in [-0.39, 0.29) is 44.1 Å². The summed E-state index contributed by atoms with van der Waals surface area (Å²) in [7, 11) is 0. The molecule has 13 rings (SSSR count). The highest BCUT2D eigenvalue weighted by atomic mass is 15.3. The Hall–Kier alpha value is -5.80. The SMILES string of the molecule is Cc1cc(C)c2c3c1C1c4cc(C(C)(C)C)ccc4N(c4ccc(C(C)(C)C)cc4-c4ccc5ccccc5c4)c4cc(N5c6ccc(C(C)(C)C)cc6C6(C)CCCCC56C)cc(c41)N3C1(C)CCCCC21C. The average molecular weight is 976 g/mol. The first-order valence-corrected chi connectivity index (χ1v) is 28.6. The fourth-order valence-electron chi connectivity index (χ4n) is 16.3. The quantitative estimate of drug-likeness (QED) is 0.175. The zero-order valence-corrected chi connectivity index (χ0v) is 47.5. The molecule has 0 spiro atoms. The van der Waals surface area contributed by atoms with Gasteiger partial charge in [0, 0.05) is 39.2 Å². The van der Waals surface area contributed by atoms with Crippen molar-refractivity contribution in [2.75, 3.05) is 14.7 Å². The van der Waals surface area contributed by atoms with Gasteiger partial charge in [-0.25, -0.2) is 0 Å². The molecule has 5 unspecified atom stereocenters. The molecular formula is C71H81N3. The number of hydrogen-bond acceptors (Lipinski definition) is 3. The fourth-order valence-corrected chi connectivity index (χ4v) is 16.3. The Morgan fingerprint density at radius 1 is 0.459 bits per heavy atom. The third kappa shape index (κ3) is 6.31. The molecule has 74 heavy (non-hydrogen) atoms. The number of nitrogens with zero attached hydrogens (tertiary/aromatic N) is 3. The van der Waals surface area contributed by atoms with Crippen molar-refractivity contribution in [3.8, 4) is 11.1 Å². The minimum absolute atomic E-state index is 0.00281. The van der Waals surface area contributed by atoms with E-state index in [1.54, 1.807) is 5.56 Å². The number of benzene rings is 7. The van der Waals surface area contributed by atoms with E-state index in [1.165, 1.54) is 157 Å². The van der Waals surface area contributed by atoms with Gasteiger partial charge in [-0.1, -0.05) is 175 Å². The summed E-state index contributed by atoms with van der Waals surface area (Å²) in [5.41, 5.74) is 26.5. The Labute approximate surface area is 444 Å². The molecule has 7 aromatic carbocycles. The standard InChI is InChI=1S/C71H81N3/c1-43-36-44(2)63-64-60(43)61-53-39-49(66(6,7)8)27-30-56(53)72(55-29-26-48(65(3,4)5)38-52(55)47-25-24-45-22-16-17-23-46(45)37-47)58-41-51(42-59(62(58)61)74(64)71(15)35-21-19-33-69(63,71)13)73-57-31-28-50(67(9,10)11)40-54(57)68(12)32-18-20-34-70(68,73)14/h16-17,22-31,36-42,61H,18-21,32-35H2,1-15H3. The summed E-state index contributed by atoms with van der Waals surface area (Å²) in [6, 6.07) is 46.7. The molecular weight excluding hydrogens is 895 g/mol. The van der Waals surface area contributed by atoms with Gasteiger partial charge in [-0.05, 0) is 178 Å². The summed E-state index contributed by atoms with van der Waals surface area (Å²) >= 11 is 0. The van der Waals surface area contributed by atoms with Crippen LogP contribution in [0.1, 0.15) is 203 Å². The number of hydrogen-bond donors (Lipinski definition) is 0. The second kappa shape index (κ2) is 15.4. The van der Waals surface area contributed by atoms with Crippen molar-refractivity contribution >= 4 is 50.6 Å². The van der Waals surface area contributed by atoms with Gasteiger partial charge in [0.1, 0.15) is 0 Å². The van der Waals surface area contributed by atoms with E-state index in [1.807, 2.05) is 0 Å². The van der Waals surface area contributed by atoms with Crippen LogP contribution in [0, 0.1) is 13.8 Å². The predicted molar refractivity (Wildman–Crippen MR) is 316 cm³/mol. The van der Waals surface area contributed by atoms with Crippen molar-refractivity contribution in [3.63, 3.8) is 0 Å². The topological polar surface area (TPSA) is 9.72 Å². The van der Waals surface area contributed by atoms with Crippen molar-refractivity contribution in [3.05, 3.63) is 171 Å². The lowest BCUT2D eigenvalue weighted by molar-refractivity contribution is 0.193. The highest BCUT2D eigenvalue weighted by molar-refractivity contribution is 6.02. The normalized spacial score (nSPS) is 25.6. The van der Waals surface area contributed by atoms with E-state index < -0.39 is 0 Å². The summed E-state index contributed by atoms with van der Waals surface area (Å²) in [5.74, 6) is 0.0641. The molecule has 6 aliphatic rings. The van der Waals surface area contributed by atoms with E-state index in [0.717, 1.165) is 6.42 Å². The molecule has 2 fully saturated rings. The molecule has 0 N–H and O–H groups in total. The minimum atomic E-state index is -0.118. The van der Waals surface area contributed by atoms with Crippen LogP contribution < -0.4 is 14.7 Å². The molecule has 2 aliphatic carbocycles. The lowest BCUT2D eigenvalue weighted by atomic mass is 9.61. The molecule has 7 aromatic rings. The summed E-state index contributed by atoms with van der Waals surface area (Å²) in [6.45, 7) is 36.9. The molecule has 3 heteroatoms. The van der Waals surface area contributed by atoms with Gasteiger partial charge in [0.25, 0.3) is 0 Å². The van der Waals surface area contributed by atoms with Gasteiger partial charge in [0.15, 0.2) is 0 Å². The number of anilines is 7. The zero-order chi connectivity index (χ0) is 52.0. The average Bonchev–Trinajstić information content (AvgIpc) is 3.73. The maximum atomic E-state index is 2.99. The van der Waals surface area contributed by atoms with Crippen molar-refractivity contribution in [1.82, 2.24) is 0 Å². The molecule has 380 valence electrons. The van der Waals surface area contributed by atoms with Crippen LogP contribution in [0.2, 0.25) is 0 Å². The molecule has 2 saturated carbocycles. The zero-order valence-electron chi connectivity index (χ0n) is 47.5. The van der Waals surface area contributed by atoms with Gasteiger partial charge in [-0.3, -0.25) is 0 Å².